The van der Waals surface area contributed by atoms with Gasteiger partial charge in [0.2, 0.25) is 0 Å². The molecule has 1 fully saturated rings. The third kappa shape index (κ3) is 3.12. The first-order chi connectivity index (χ1) is 10.6. The molecular weight excluding hydrogens is 279 g/mol. The number of aromatic nitrogens is 1. The minimum absolute atomic E-state index is 0.113. The van der Waals surface area contributed by atoms with Gasteiger partial charge in [-0.05, 0) is 50.5 Å². The summed E-state index contributed by atoms with van der Waals surface area (Å²) < 4.78 is 15.1. The summed E-state index contributed by atoms with van der Waals surface area (Å²) in [6.45, 7) is 4.95. The molecule has 0 unspecified atom stereocenters. The first kappa shape index (κ1) is 15.0. The van der Waals surface area contributed by atoms with Crippen molar-refractivity contribution in [3.8, 4) is 0 Å². The number of nitrogens with zero attached hydrogens (tertiary/aromatic N) is 1. The third-order valence-corrected chi connectivity index (χ3v) is 4.22. The van der Waals surface area contributed by atoms with Crippen molar-refractivity contribution in [3.05, 3.63) is 58.7 Å². The first-order valence-electron chi connectivity index (χ1n) is 7.73. The van der Waals surface area contributed by atoms with E-state index in [1.165, 1.54) is 30.7 Å². The molecule has 4 heteroatoms. The normalized spacial score (nSPS) is 14.3. The molecule has 1 saturated carbocycles. The molecule has 0 aliphatic heterocycles. The Morgan fingerprint density at radius 3 is 2.59 bits per heavy atom. The van der Waals surface area contributed by atoms with Crippen molar-refractivity contribution >= 4 is 5.78 Å². The van der Waals surface area contributed by atoms with Crippen LogP contribution in [-0.4, -0.2) is 16.9 Å². The molecule has 1 aromatic carbocycles. The highest BCUT2D eigenvalue weighted by Gasteiger charge is 2.28. The molecule has 0 atom stereocenters. The van der Waals surface area contributed by atoms with Crippen LogP contribution in [0.3, 0.4) is 0 Å². The zero-order chi connectivity index (χ0) is 15.7. The van der Waals surface area contributed by atoms with Gasteiger partial charge in [0, 0.05) is 29.5 Å². The van der Waals surface area contributed by atoms with Gasteiger partial charge in [0.1, 0.15) is 5.82 Å². The Labute approximate surface area is 130 Å². The van der Waals surface area contributed by atoms with Crippen molar-refractivity contribution in [2.24, 2.45) is 0 Å². The summed E-state index contributed by atoms with van der Waals surface area (Å²) >= 11 is 0. The van der Waals surface area contributed by atoms with Crippen molar-refractivity contribution in [2.45, 2.75) is 39.3 Å². The van der Waals surface area contributed by atoms with E-state index in [1.807, 2.05) is 13.0 Å². The molecule has 0 radical (unpaired) electrons. The lowest BCUT2D eigenvalue weighted by Crippen LogP contribution is -2.23. The molecule has 3 rings (SSSR count). The first-order valence-corrected chi connectivity index (χ1v) is 7.73. The predicted molar refractivity (Wildman–Crippen MR) is 84.6 cm³/mol. The van der Waals surface area contributed by atoms with E-state index in [0.717, 1.165) is 16.8 Å². The third-order valence-electron chi connectivity index (χ3n) is 4.22. The smallest absolute Gasteiger partial charge is 0.178 e. The summed E-state index contributed by atoms with van der Waals surface area (Å²) in [5, 5.41) is 3.14. The van der Waals surface area contributed by atoms with Crippen LogP contribution < -0.4 is 5.32 Å². The Bertz CT molecular complexity index is 684. The lowest BCUT2D eigenvalue weighted by atomic mass is 10.1. The highest BCUT2D eigenvalue weighted by molar-refractivity contribution is 5.99. The molecule has 1 aliphatic rings. The number of aryl methyl sites for hydroxylation is 1. The maximum Gasteiger partial charge on any atom is 0.178 e. The van der Waals surface area contributed by atoms with E-state index in [0.29, 0.717) is 19.1 Å². The van der Waals surface area contributed by atoms with Crippen LogP contribution in [0.4, 0.5) is 4.39 Å². The summed E-state index contributed by atoms with van der Waals surface area (Å²) in [6, 6.07) is 8.91. The van der Waals surface area contributed by atoms with Crippen LogP contribution in [0, 0.1) is 19.7 Å². The fourth-order valence-electron chi connectivity index (χ4n) is 2.97. The summed E-state index contributed by atoms with van der Waals surface area (Å²) in [5.41, 5.74) is 4.03. The van der Waals surface area contributed by atoms with E-state index >= 15 is 0 Å². The monoisotopic (exact) mass is 300 g/mol. The second-order valence-electron chi connectivity index (χ2n) is 6.04. The molecule has 0 spiro atoms. The molecule has 1 aromatic heterocycles. The number of carbonyl (C=O) groups excluding carboxylic acids is 1. The topological polar surface area (TPSA) is 34.0 Å². The number of halogens is 1. The van der Waals surface area contributed by atoms with Gasteiger partial charge in [-0.25, -0.2) is 4.39 Å². The maximum atomic E-state index is 12.8. The number of nitrogens with one attached hydrogen (secondary N) is 1. The van der Waals surface area contributed by atoms with Crippen LogP contribution in [0.1, 0.15) is 46.2 Å². The van der Waals surface area contributed by atoms with E-state index in [1.54, 1.807) is 12.1 Å². The van der Waals surface area contributed by atoms with Gasteiger partial charge in [-0.1, -0.05) is 12.1 Å². The van der Waals surface area contributed by atoms with Gasteiger partial charge in [0.05, 0.1) is 6.54 Å². The molecule has 0 saturated heterocycles. The molecule has 0 bridgehead atoms. The predicted octanol–water partition coefficient (Wildman–Crippen LogP) is 3.55. The molecule has 1 heterocycles. The number of ketones is 1. The number of hydrogen-bond acceptors (Lipinski definition) is 2. The number of rotatable bonds is 6. The SMILES string of the molecule is Cc1cc(C(=O)CNCc2ccc(F)cc2)c(C)n1C1CC1. The zero-order valence-corrected chi connectivity index (χ0v) is 13.0. The van der Waals surface area contributed by atoms with Crippen molar-refractivity contribution < 1.29 is 9.18 Å². The van der Waals surface area contributed by atoms with Crippen LogP contribution in [0.25, 0.3) is 0 Å². The van der Waals surface area contributed by atoms with Crippen molar-refractivity contribution in [3.63, 3.8) is 0 Å². The van der Waals surface area contributed by atoms with E-state index < -0.39 is 0 Å². The largest absolute Gasteiger partial charge is 0.345 e. The van der Waals surface area contributed by atoms with Gasteiger partial charge in [0.15, 0.2) is 5.78 Å². The van der Waals surface area contributed by atoms with Crippen LogP contribution in [0.5, 0.6) is 0 Å². The van der Waals surface area contributed by atoms with Crippen LogP contribution in [0.2, 0.25) is 0 Å². The van der Waals surface area contributed by atoms with E-state index in [9.17, 15) is 9.18 Å². The zero-order valence-electron chi connectivity index (χ0n) is 13.0. The fourth-order valence-corrected chi connectivity index (χ4v) is 2.97. The summed E-state index contributed by atoms with van der Waals surface area (Å²) in [5.74, 6) is -0.130. The average molecular weight is 300 g/mol. The lowest BCUT2D eigenvalue weighted by molar-refractivity contribution is 0.0990. The van der Waals surface area contributed by atoms with Crippen molar-refractivity contribution in [2.75, 3.05) is 6.54 Å². The fraction of sp³-hybridized carbons (Fsp3) is 0.389. The summed E-state index contributed by atoms with van der Waals surface area (Å²) in [7, 11) is 0. The Morgan fingerprint density at radius 2 is 1.95 bits per heavy atom. The second-order valence-corrected chi connectivity index (χ2v) is 6.04. The number of Topliss-reactive ketones (excluding diaryl/α,β-unsaturated/α-hetero) is 1. The highest BCUT2D eigenvalue weighted by Crippen LogP contribution is 2.38. The molecular formula is C18H21FN2O. The second kappa shape index (κ2) is 6.05. The van der Waals surface area contributed by atoms with Crippen LogP contribution in [0.15, 0.2) is 30.3 Å². The Morgan fingerprint density at radius 1 is 1.27 bits per heavy atom. The van der Waals surface area contributed by atoms with Gasteiger partial charge in [0.25, 0.3) is 0 Å². The van der Waals surface area contributed by atoms with Gasteiger partial charge < -0.3 is 9.88 Å². The number of hydrogen-bond donors (Lipinski definition) is 1. The van der Waals surface area contributed by atoms with Crippen molar-refractivity contribution in [1.82, 2.24) is 9.88 Å². The molecule has 3 nitrogen and oxygen atoms in total. The number of carbonyl (C=O) groups is 1. The molecule has 116 valence electrons. The number of benzene rings is 1. The average Bonchev–Trinajstić information content (AvgIpc) is 3.27. The lowest BCUT2D eigenvalue weighted by Gasteiger charge is -2.08. The molecule has 2 aromatic rings. The minimum atomic E-state index is -0.243. The Balaban J connectivity index is 1.60. The summed E-state index contributed by atoms with van der Waals surface area (Å²) in [6.07, 6.45) is 2.43. The minimum Gasteiger partial charge on any atom is -0.345 e. The summed E-state index contributed by atoms with van der Waals surface area (Å²) in [4.78, 5) is 12.4. The van der Waals surface area contributed by atoms with Crippen LogP contribution in [-0.2, 0) is 6.54 Å². The van der Waals surface area contributed by atoms with Gasteiger partial charge in [-0.2, -0.15) is 0 Å². The van der Waals surface area contributed by atoms with E-state index in [-0.39, 0.29) is 11.6 Å². The molecule has 1 N–H and O–H groups in total. The molecule has 22 heavy (non-hydrogen) atoms. The van der Waals surface area contributed by atoms with Gasteiger partial charge in [-0.15, -0.1) is 0 Å². The van der Waals surface area contributed by atoms with E-state index in [4.69, 9.17) is 0 Å². The maximum absolute atomic E-state index is 12.8. The van der Waals surface area contributed by atoms with Gasteiger partial charge >= 0.3 is 0 Å². The Kier molecular flexibility index (Phi) is 4.12. The van der Waals surface area contributed by atoms with Crippen molar-refractivity contribution in [1.29, 1.82) is 0 Å². The Hall–Kier alpha value is -1.94. The quantitative estimate of drug-likeness (QED) is 0.828. The van der Waals surface area contributed by atoms with Gasteiger partial charge in [-0.3, -0.25) is 4.79 Å². The van der Waals surface area contributed by atoms with Crippen LogP contribution >= 0.6 is 0 Å². The molecule has 0 amide bonds. The standard InChI is InChI=1S/C18H21FN2O/c1-12-9-17(13(2)21(12)16-7-8-16)18(22)11-20-10-14-3-5-15(19)6-4-14/h3-6,9,16,20H,7-8,10-11H2,1-2H3. The highest BCUT2D eigenvalue weighted by atomic mass is 19.1. The molecule has 1 aliphatic carbocycles. The van der Waals surface area contributed by atoms with E-state index in [2.05, 4.69) is 16.8 Å².